The molecule has 4 rings (SSSR count). The van der Waals surface area contributed by atoms with Crippen molar-refractivity contribution < 1.29 is 4.79 Å². The summed E-state index contributed by atoms with van der Waals surface area (Å²) in [6, 6.07) is 23.7. The molecule has 0 aliphatic rings. The predicted octanol–water partition coefficient (Wildman–Crippen LogP) is 6.10. The first-order valence-electron chi connectivity index (χ1n) is 8.92. The smallest absolute Gasteiger partial charge is 0.323 e. The van der Waals surface area contributed by atoms with Gasteiger partial charge in [-0.3, -0.25) is 0 Å². The Bertz CT molecular complexity index is 1070. The van der Waals surface area contributed by atoms with E-state index in [2.05, 4.69) is 33.8 Å². The summed E-state index contributed by atoms with van der Waals surface area (Å²) in [7, 11) is 0. The topological polar surface area (TPSA) is 56.9 Å². The number of hydrogen-bond donors (Lipinski definition) is 3. The molecule has 3 aromatic carbocycles. The largest absolute Gasteiger partial charge is 0.354 e. The van der Waals surface area contributed by atoms with E-state index in [9.17, 15) is 4.79 Å². The molecule has 0 radical (unpaired) electrons. The highest BCUT2D eigenvalue weighted by Crippen LogP contribution is 2.30. The van der Waals surface area contributed by atoms with Gasteiger partial charge in [-0.25, -0.2) is 4.79 Å². The van der Waals surface area contributed by atoms with Crippen LogP contribution >= 0.6 is 0 Å². The van der Waals surface area contributed by atoms with Gasteiger partial charge in [0, 0.05) is 27.8 Å². The highest BCUT2D eigenvalue weighted by molar-refractivity contribution is 6.02. The number of carbonyl (C=O) groups excluding carboxylic acids is 1. The molecule has 1 heterocycles. The number of para-hydroxylation sites is 2. The van der Waals surface area contributed by atoms with Crippen LogP contribution in [0.3, 0.4) is 0 Å². The van der Waals surface area contributed by atoms with Gasteiger partial charge in [0.05, 0.1) is 5.69 Å². The summed E-state index contributed by atoms with van der Waals surface area (Å²) in [5.74, 6) is 0. The monoisotopic (exact) mass is 355 g/mol. The summed E-state index contributed by atoms with van der Waals surface area (Å²) in [4.78, 5) is 15.9. The number of fused-ring (bicyclic) bond motifs is 1. The van der Waals surface area contributed by atoms with Crippen molar-refractivity contribution in [3.05, 3.63) is 83.9 Å². The van der Waals surface area contributed by atoms with E-state index >= 15 is 0 Å². The van der Waals surface area contributed by atoms with E-state index in [0.717, 1.165) is 44.7 Å². The van der Waals surface area contributed by atoms with Crippen molar-refractivity contribution in [2.75, 3.05) is 10.6 Å². The number of aromatic nitrogens is 1. The highest BCUT2D eigenvalue weighted by Gasteiger charge is 2.11. The second-order valence-corrected chi connectivity index (χ2v) is 6.77. The first-order chi connectivity index (χ1) is 13.1. The molecule has 0 bridgehead atoms. The van der Waals surface area contributed by atoms with Crippen molar-refractivity contribution in [1.82, 2.24) is 4.98 Å². The molecule has 0 fully saturated rings. The van der Waals surface area contributed by atoms with Crippen molar-refractivity contribution in [3.8, 4) is 11.3 Å². The first kappa shape index (κ1) is 16.9. The second kappa shape index (κ2) is 7.00. The lowest BCUT2D eigenvalue weighted by molar-refractivity contribution is 0.262. The van der Waals surface area contributed by atoms with E-state index in [1.807, 2.05) is 68.4 Å². The number of nitrogens with one attached hydrogen (secondary N) is 3. The number of aryl methyl sites for hydroxylation is 2. The average molecular weight is 355 g/mol. The summed E-state index contributed by atoms with van der Waals surface area (Å²) >= 11 is 0. The number of rotatable bonds is 3. The number of urea groups is 1. The summed E-state index contributed by atoms with van der Waals surface area (Å²) in [6.45, 7) is 4.03. The molecule has 0 saturated heterocycles. The maximum absolute atomic E-state index is 12.5. The molecule has 0 aliphatic carbocycles. The van der Waals surface area contributed by atoms with Crippen LogP contribution in [-0.2, 0) is 0 Å². The van der Waals surface area contributed by atoms with Gasteiger partial charge < -0.3 is 15.6 Å². The predicted molar refractivity (Wildman–Crippen MR) is 112 cm³/mol. The normalized spacial score (nSPS) is 10.7. The van der Waals surface area contributed by atoms with Crippen LogP contribution in [0.2, 0.25) is 0 Å². The minimum absolute atomic E-state index is 0.261. The molecular formula is C23H21N3O. The molecule has 0 saturated carbocycles. The summed E-state index contributed by atoms with van der Waals surface area (Å²) in [6.07, 6.45) is 0. The Morgan fingerprint density at radius 1 is 0.815 bits per heavy atom. The van der Waals surface area contributed by atoms with E-state index in [-0.39, 0.29) is 6.03 Å². The fraction of sp³-hybridized carbons (Fsp3) is 0.0870. The minimum Gasteiger partial charge on any atom is -0.354 e. The Morgan fingerprint density at radius 3 is 2.30 bits per heavy atom. The third-order valence-corrected chi connectivity index (χ3v) is 4.47. The molecule has 2 amide bonds. The lowest BCUT2D eigenvalue weighted by atomic mass is 10.1. The first-order valence-corrected chi connectivity index (χ1v) is 8.92. The molecule has 27 heavy (non-hydrogen) atoms. The van der Waals surface area contributed by atoms with E-state index in [4.69, 9.17) is 0 Å². The Kier molecular flexibility index (Phi) is 4.38. The van der Waals surface area contributed by atoms with Crippen molar-refractivity contribution in [2.24, 2.45) is 0 Å². The van der Waals surface area contributed by atoms with Crippen LogP contribution in [0.5, 0.6) is 0 Å². The quantitative estimate of drug-likeness (QED) is 0.409. The third-order valence-electron chi connectivity index (χ3n) is 4.47. The number of benzene rings is 3. The van der Waals surface area contributed by atoms with Crippen LogP contribution < -0.4 is 10.6 Å². The number of anilines is 2. The van der Waals surface area contributed by atoms with Crippen LogP contribution in [-0.4, -0.2) is 11.0 Å². The zero-order valence-corrected chi connectivity index (χ0v) is 15.3. The van der Waals surface area contributed by atoms with Crippen molar-refractivity contribution in [1.29, 1.82) is 0 Å². The zero-order valence-electron chi connectivity index (χ0n) is 15.3. The van der Waals surface area contributed by atoms with Crippen LogP contribution in [0, 0.1) is 13.8 Å². The molecule has 0 unspecified atom stereocenters. The second-order valence-electron chi connectivity index (χ2n) is 6.77. The molecule has 1 aromatic heterocycles. The number of H-pyrrole nitrogens is 1. The van der Waals surface area contributed by atoms with Crippen LogP contribution in [0.25, 0.3) is 22.2 Å². The van der Waals surface area contributed by atoms with Gasteiger partial charge in [-0.1, -0.05) is 42.5 Å². The number of amides is 2. The fourth-order valence-electron chi connectivity index (χ4n) is 3.38. The maximum Gasteiger partial charge on any atom is 0.323 e. The number of carbonyl (C=O) groups is 1. The molecular weight excluding hydrogens is 334 g/mol. The van der Waals surface area contributed by atoms with E-state index in [1.165, 1.54) is 0 Å². The standard InChI is InChI=1S/C23H21N3O/c1-15-11-16(2)13-18(12-15)24-23(27)26-21-10-6-4-8-19(21)22-14-17-7-3-5-9-20(17)25-22/h3-14,25H,1-2H3,(H2,24,26,27). The Morgan fingerprint density at radius 2 is 1.52 bits per heavy atom. The lowest BCUT2D eigenvalue weighted by Gasteiger charge is -2.12. The van der Waals surface area contributed by atoms with Crippen molar-refractivity contribution in [2.45, 2.75) is 13.8 Å². The third kappa shape index (κ3) is 3.70. The summed E-state index contributed by atoms with van der Waals surface area (Å²) < 4.78 is 0. The molecule has 0 atom stereocenters. The Hall–Kier alpha value is -3.53. The zero-order chi connectivity index (χ0) is 18.8. The number of aromatic amines is 1. The van der Waals surface area contributed by atoms with Gasteiger partial charge in [0.15, 0.2) is 0 Å². The lowest BCUT2D eigenvalue weighted by Crippen LogP contribution is -2.20. The molecule has 134 valence electrons. The van der Waals surface area contributed by atoms with Gasteiger partial charge in [-0.15, -0.1) is 0 Å². The molecule has 3 N–H and O–H groups in total. The van der Waals surface area contributed by atoms with Crippen LogP contribution in [0.4, 0.5) is 16.2 Å². The highest BCUT2D eigenvalue weighted by atomic mass is 16.2. The molecule has 4 aromatic rings. The minimum atomic E-state index is -0.261. The maximum atomic E-state index is 12.5. The van der Waals surface area contributed by atoms with Gasteiger partial charge in [-0.05, 0) is 55.3 Å². The average Bonchev–Trinajstić information content (AvgIpc) is 3.05. The summed E-state index contributed by atoms with van der Waals surface area (Å²) in [5.41, 5.74) is 6.76. The van der Waals surface area contributed by atoms with Gasteiger partial charge in [0.1, 0.15) is 0 Å². The summed E-state index contributed by atoms with van der Waals surface area (Å²) in [5, 5.41) is 7.03. The Labute approximate surface area is 158 Å². The molecule has 0 aliphatic heterocycles. The molecule has 0 spiro atoms. The Balaban J connectivity index is 1.60. The fourth-order valence-corrected chi connectivity index (χ4v) is 3.38. The van der Waals surface area contributed by atoms with Crippen molar-refractivity contribution >= 4 is 28.3 Å². The molecule has 4 heteroatoms. The van der Waals surface area contributed by atoms with Gasteiger partial charge in [-0.2, -0.15) is 0 Å². The van der Waals surface area contributed by atoms with E-state index in [0.29, 0.717) is 0 Å². The van der Waals surface area contributed by atoms with Gasteiger partial charge in [0.2, 0.25) is 0 Å². The van der Waals surface area contributed by atoms with Crippen LogP contribution in [0.1, 0.15) is 11.1 Å². The van der Waals surface area contributed by atoms with Crippen LogP contribution in [0.15, 0.2) is 72.8 Å². The van der Waals surface area contributed by atoms with E-state index in [1.54, 1.807) is 0 Å². The van der Waals surface area contributed by atoms with Gasteiger partial charge in [0.25, 0.3) is 0 Å². The van der Waals surface area contributed by atoms with Gasteiger partial charge >= 0.3 is 6.03 Å². The number of hydrogen-bond acceptors (Lipinski definition) is 1. The van der Waals surface area contributed by atoms with E-state index < -0.39 is 0 Å². The SMILES string of the molecule is Cc1cc(C)cc(NC(=O)Nc2ccccc2-c2cc3ccccc3[nH]2)c1. The van der Waals surface area contributed by atoms with Crippen molar-refractivity contribution in [3.63, 3.8) is 0 Å². The molecule has 4 nitrogen and oxygen atoms in total.